The van der Waals surface area contributed by atoms with Crippen molar-refractivity contribution in [2.45, 2.75) is 6.92 Å². The minimum atomic E-state index is -0.395. The summed E-state index contributed by atoms with van der Waals surface area (Å²) in [6.45, 7) is 1.97. The molecule has 0 aromatic heterocycles. The van der Waals surface area contributed by atoms with Gasteiger partial charge in [-0.05, 0) is 42.8 Å². The SMILES string of the molecule is Cc1ccc(N2NC(=O)C(=Cc3ccc(Br)cc3)C2=O)cc1. The fourth-order valence-electron chi connectivity index (χ4n) is 2.16. The Morgan fingerprint density at radius 2 is 1.64 bits per heavy atom. The molecule has 110 valence electrons. The van der Waals surface area contributed by atoms with Crippen LogP contribution in [0.2, 0.25) is 0 Å². The standard InChI is InChI=1S/C17H13BrN2O2/c1-11-2-8-14(9-3-11)20-17(22)15(16(21)19-20)10-12-4-6-13(18)7-5-12/h2-10H,1H3,(H,19,21). The summed E-state index contributed by atoms with van der Waals surface area (Å²) in [5, 5.41) is 1.27. The molecule has 22 heavy (non-hydrogen) atoms. The summed E-state index contributed by atoms with van der Waals surface area (Å²) >= 11 is 3.35. The Kier molecular flexibility index (Phi) is 3.81. The van der Waals surface area contributed by atoms with Gasteiger partial charge in [-0.25, -0.2) is 5.01 Å². The number of aryl methyl sites for hydroxylation is 1. The van der Waals surface area contributed by atoms with Crippen LogP contribution in [0.5, 0.6) is 0 Å². The first-order valence-corrected chi connectivity index (χ1v) is 7.53. The third-order valence-electron chi connectivity index (χ3n) is 3.36. The van der Waals surface area contributed by atoms with Crippen LogP contribution in [0.1, 0.15) is 11.1 Å². The van der Waals surface area contributed by atoms with Crippen molar-refractivity contribution in [2.75, 3.05) is 5.01 Å². The van der Waals surface area contributed by atoms with Crippen molar-refractivity contribution in [1.29, 1.82) is 0 Å². The van der Waals surface area contributed by atoms with E-state index in [1.807, 2.05) is 43.3 Å². The van der Waals surface area contributed by atoms with Gasteiger partial charge in [-0.3, -0.25) is 15.0 Å². The Morgan fingerprint density at radius 1 is 1.00 bits per heavy atom. The van der Waals surface area contributed by atoms with Gasteiger partial charge in [-0.15, -0.1) is 0 Å². The number of halogens is 1. The van der Waals surface area contributed by atoms with E-state index < -0.39 is 5.91 Å². The van der Waals surface area contributed by atoms with E-state index in [1.165, 1.54) is 5.01 Å². The molecule has 1 heterocycles. The normalized spacial score (nSPS) is 16.3. The molecule has 1 fully saturated rings. The van der Waals surface area contributed by atoms with Gasteiger partial charge in [0.15, 0.2) is 0 Å². The second kappa shape index (κ2) is 5.77. The van der Waals surface area contributed by atoms with Crippen LogP contribution >= 0.6 is 15.9 Å². The van der Waals surface area contributed by atoms with E-state index in [0.717, 1.165) is 15.6 Å². The first-order chi connectivity index (χ1) is 10.5. The molecular formula is C17H13BrN2O2. The van der Waals surface area contributed by atoms with Gasteiger partial charge < -0.3 is 0 Å². The van der Waals surface area contributed by atoms with Crippen LogP contribution in [0.25, 0.3) is 6.08 Å². The summed E-state index contributed by atoms with van der Waals surface area (Å²) in [6, 6.07) is 14.8. The molecular weight excluding hydrogens is 344 g/mol. The maximum Gasteiger partial charge on any atom is 0.282 e. The van der Waals surface area contributed by atoms with Gasteiger partial charge >= 0.3 is 0 Å². The van der Waals surface area contributed by atoms with E-state index in [4.69, 9.17) is 0 Å². The van der Waals surface area contributed by atoms with Crippen molar-refractivity contribution >= 4 is 39.5 Å². The van der Waals surface area contributed by atoms with Crippen molar-refractivity contribution in [1.82, 2.24) is 5.43 Å². The van der Waals surface area contributed by atoms with E-state index in [2.05, 4.69) is 21.4 Å². The second-order valence-corrected chi connectivity index (χ2v) is 5.94. The molecule has 0 bridgehead atoms. The van der Waals surface area contributed by atoms with E-state index in [1.54, 1.807) is 18.2 Å². The lowest BCUT2D eigenvalue weighted by molar-refractivity contribution is -0.117. The van der Waals surface area contributed by atoms with Gasteiger partial charge in [0.1, 0.15) is 5.57 Å². The highest BCUT2D eigenvalue weighted by Gasteiger charge is 2.34. The van der Waals surface area contributed by atoms with Crippen LogP contribution in [0, 0.1) is 6.92 Å². The summed E-state index contributed by atoms with van der Waals surface area (Å²) in [5.74, 6) is -0.745. The Balaban J connectivity index is 1.91. The number of amides is 2. The van der Waals surface area contributed by atoms with Crippen molar-refractivity contribution in [3.8, 4) is 0 Å². The van der Waals surface area contributed by atoms with Crippen LogP contribution in [-0.4, -0.2) is 11.8 Å². The maximum atomic E-state index is 12.4. The molecule has 1 N–H and O–H groups in total. The van der Waals surface area contributed by atoms with E-state index in [-0.39, 0.29) is 11.5 Å². The lowest BCUT2D eigenvalue weighted by Gasteiger charge is -2.14. The molecule has 2 amide bonds. The first-order valence-electron chi connectivity index (χ1n) is 6.74. The minimum absolute atomic E-state index is 0.128. The average molecular weight is 357 g/mol. The highest BCUT2D eigenvalue weighted by Crippen LogP contribution is 2.22. The van der Waals surface area contributed by atoms with Crippen LogP contribution in [0.15, 0.2) is 58.6 Å². The van der Waals surface area contributed by atoms with Gasteiger partial charge in [-0.2, -0.15) is 0 Å². The molecule has 3 rings (SSSR count). The zero-order valence-corrected chi connectivity index (χ0v) is 13.4. The molecule has 2 aromatic carbocycles. The third kappa shape index (κ3) is 2.80. The summed E-state index contributed by atoms with van der Waals surface area (Å²) < 4.78 is 0.943. The third-order valence-corrected chi connectivity index (χ3v) is 3.89. The zero-order valence-electron chi connectivity index (χ0n) is 11.8. The minimum Gasteiger partial charge on any atom is -0.267 e. The monoisotopic (exact) mass is 356 g/mol. The number of hydrogen-bond acceptors (Lipinski definition) is 2. The number of benzene rings is 2. The number of carbonyl (C=O) groups excluding carboxylic acids is 2. The lowest BCUT2D eigenvalue weighted by Crippen LogP contribution is -2.35. The highest BCUT2D eigenvalue weighted by atomic mass is 79.9. The smallest absolute Gasteiger partial charge is 0.267 e. The summed E-state index contributed by atoms with van der Waals surface area (Å²) in [5.41, 5.74) is 5.25. The fourth-order valence-corrected chi connectivity index (χ4v) is 2.42. The van der Waals surface area contributed by atoms with E-state index in [0.29, 0.717) is 5.69 Å². The number of nitrogens with zero attached hydrogens (tertiary/aromatic N) is 1. The molecule has 1 saturated heterocycles. The van der Waals surface area contributed by atoms with Gasteiger partial charge in [-0.1, -0.05) is 45.8 Å². The maximum absolute atomic E-state index is 12.4. The van der Waals surface area contributed by atoms with E-state index >= 15 is 0 Å². The fraction of sp³-hybridized carbons (Fsp3) is 0.0588. The van der Waals surface area contributed by atoms with Crippen molar-refractivity contribution in [3.63, 3.8) is 0 Å². The molecule has 0 radical (unpaired) electrons. The predicted molar refractivity (Wildman–Crippen MR) is 88.9 cm³/mol. The van der Waals surface area contributed by atoms with Crippen LogP contribution < -0.4 is 10.4 Å². The van der Waals surface area contributed by atoms with Crippen molar-refractivity contribution in [2.24, 2.45) is 0 Å². The molecule has 5 heteroatoms. The number of nitrogens with one attached hydrogen (secondary N) is 1. The topological polar surface area (TPSA) is 49.4 Å². The molecule has 0 spiro atoms. The quantitative estimate of drug-likeness (QED) is 0.663. The number of rotatable bonds is 2. The van der Waals surface area contributed by atoms with Crippen molar-refractivity contribution in [3.05, 3.63) is 69.7 Å². The first kappa shape index (κ1) is 14.5. The molecule has 0 atom stereocenters. The largest absolute Gasteiger partial charge is 0.282 e. The molecule has 0 aliphatic carbocycles. The number of carbonyl (C=O) groups is 2. The predicted octanol–water partition coefficient (Wildman–Crippen LogP) is 3.22. The molecule has 0 saturated carbocycles. The summed E-state index contributed by atoms with van der Waals surface area (Å²) in [7, 11) is 0. The van der Waals surface area contributed by atoms with Crippen LogP contribution in [0.3, 0.4) is 0 Å². The Labute approximate surface area is 136 Å². The number of anilines is 1. The number of hydrazine groups is 1. The summed E-state index contributed by atoms with van der Waals surface area (Å²) in [4.78, 5) is 24.5. The highest BCUT2D eigenvalue weighted by molar-refractivity contribution is 9.10. The molecule has 1 aliphatic heterocycles. The zero-order chi connectivity index (χ0) is 15.7. The van der Waals surface area contributed by atoms with Gasteiger partial charge in [0.05, 0.1) is 5.69 Å². The van der Waals surface area contributed by atoms with Crippen molar-refractivity contribution < 1.29 is 9.59 Å². The Bertz CT molecular complexity index is 764. The van der Waals surface area contributed by atoms with Crippen LogP contribution in [0.4, 0.5) is 5.69 Å². The van der Waals surface area contributed by atoms with Gasteiger partial charge in [0.25, 0.3) is 11.8 Å². The molecule has 4 nitrogen and oxygen atoms in total. The Morgan fingerprint density at radius 3 is 2.27 bits per heavy atom. The average Bonchev–Trinajstić information content (AvgIpc) is 2.78. The van der Waals surface area contributed by atoms with E-state index in [9.17, 15) is 9.59 Å². The van der Waals surface area contributed by atoms with Crippen LogP contribution in [-0.2, 0) is 9.59 Å². The molecule has 0 unspecified atom stereocenters. The second-order valence-electron chi connectivity index (χ2n) is 5.03. The molecule has 2 aromatic rings. The van der Waals surface area contributed by atoms with Gasteiger partial charge in [0, 0.05) is 4.47 Å². The Hall–Kier alpha value is -2.40. The number of hydrogen-bond donors (Lipinski definition) is 1. The van der Waals surface area contributed by atoms with Gasteiger partial charge in [0.2, 0.25) is 0 Å². The lowest BCUT2D eigenvalue weighted by atomic mass is 10.1. The summed E-state index contributed by atoms with van der Waals surface area (Å²) in [6.07, 6.45) is 1.60. The molecule has 1 aliphatic rings.